The van der Waals surface area contributed by atoms with E-state index in [1.54, 1.807) is 36.4 Å². The zero-order valence-corrected chi connectivity index (χ0v) is 16.4. The maximum Gasteiger partial charge on any atom is 0.325 e. The monoisotopic (exact) mass is 393 g/mol. The molecule has 4 amide bonds. The van der Waals surface area contributed by atoms with Crippen molar-refractivity contribution in [2.24, 2.45) is 0 Å². The molecule has 1 atom stereocenters. The van der Waals surface area contributed by atoms with Gasteiger partial charge in [-0.05, 0) is 31.0 Å². The van der Waals surface area contributed by atoms with Crippen LogP contribution in [-0.2, 0) is 15.1 Å². The van der Waals surface area contributed by atoms with Crippen LogP contribution in [0.15, 0.2) is 54.6 Å². The van der Waals surface area contributed by atoms with E-state index < -0.39 is 29.9 Å². The van der Waals surface area contributed by atoms with Crippen molar-refractivity contribution in [3.05, 3.63) is 65.7 Å². The van der Waals surface area contributed by atoms with Crippen molar-refractivity contribution in [3.8, 4) is 0 Å². The number of hydrogen-bond donors (Lipinski definition) is 2. The number of carbonyl (C=O) groups is 4. The Bertz CT molecular complexity index is 958. The first kappa shape index (κ1) is 20.3. The summed E-state index contributed by atoms with van der Waals surface area (Å²) in [5.74, 6) is -1.08. The van der Waals surface area contributed by atoms with Gasteiger partial charge in [-0.25, -0.2) is 4.79 Å². The zero-order chi connectivity index (χ0) is 21.0. The van der Waals surface area contributed by atoms with E-state index in [1.165, 1.54) is 6.92 Å². The Balaban J connectivity index is 1.78. The Morgan fingerprint density at radius 2 is 1.79 bits per heavy atom. The molecule has 0 spiro atoms. The largest absolute Gasteiger partial charge is 0.325 e. The number of nitrogens with zero attached hydrogens (tertiary/aromatic N) is 1. The summed E-state index contributed by atoms with van der Waals surface area (Å²) in [4.78, 5) is 50.6. The van der Waals surface area contributed by atoms with Crippen LogP contribution in [0.5, 0.6) is 0 Å². The average Bonchev–Trinajstić information content (AvgIpc) is 2.94. The van der Waals surface area contributed by atoms with E-state index in [4.69, 9.17) is 0 Å². The molecule has 7 heteroatoms. The number of ketones is 1. The summed E-state index contributed by atoms with van der Waals surface area (Å²) in [7, 11) is 0. The van der Waals surface area contributed by atoms with Crippen LogP contribution < -0.4 is 10.6 Å². The predicted octanol–water partition coefficient (Wildman–Crippen LogP) is 3.08. The van der Waals surface area contributed by atoms with Gasteiger partial charge in [-0.1, -0.05) is 55.8 Å². The minimum absolute atomic E-state index is 0.123. The summed E-state index contributed by atoms with van der Waals surface area (Å²) >= 11 is 0. The SMILES string of the molecule is CCCC1(c2ccccc2)NC(=O)N(CC(=O)Nc2cccc(C(C)=O)c2)C1=O. The fourth-order valence-electron chi connectivity index (χ4n) is 3.54. The second kappa shape index (κ2) is 8.26. The number of Topliss-reactive ketones (excluding diaryl/α,β-unsaturated/α-hetero) is 1. The second-order valence-corrected chi connectivity index (χ2v) is 7.03. The van der Waals surface area contributed by atoms with Crippen molar-refractivity contribution < 1.29 is 19.2 Å². The number of carbonyl (C=O) groups excluding carboxylic acids is 4. The van der Waals surface area contributed by atoms with Gasteiger partial charge in [0.25, 0.3) is 5.91 Å². The van der Waals surface area contributed by atoms with E-state index in [9.17, 15) is 19.2 Å². The molecular weight excluding hydrogens is 370 g/mol. The molecular formula is C22H23N3O4. The third-order valence-electron chi connectivity index (χ3n) is 4.92. The van der Waals surface area contributed by atoms with Gasteiger partial charge in [0.05, 0.1) is 0 Å². The van der Waals surface area contributed by atoms with E-state index in [0.29, 0.717) is 29.7 Å². The highest BCUT2D eigenvalue weighted by atomic mass is 16.2. The molecule has 150 valence electrons. The van der Waals surface area contributed by atoms with Gasteiger partial charge in [0.1, 0.15) is 12.1 Å². The zero-order valence-electron chi connectivity index (χ0n) is 16.4. The molecule has 2 aromatic carbocycles. The highest BCUT2D eigenvalue weighted by molar-refractivity contribution is 6.10. The quantitative estimate of drug-likeness (QED) is 0.558. The molecule has 0 saturated carbocycles. The van der Waals surface area contributed by atoms with Crippen molar-refractivity contribution in [1.29, 1.82) is 0 Å². The van der Waals surface area contributed by atoms with Gasteiger partial charge in [0.15, 0.2) is 5.78 Å². The van der Waals surface area contributed by atoms with E-state index in [1.807, 2.05) is 25.1 Å². The number of amides is 4. The molecule has 0 radical (unpaired) electrons. The molecule has 0 aromatic heterocycles. The first-order valence-electron chi connectivity index (χ1n) is 9.48. The van der Waals surface area contributed by atoms with Gasteiger partial charge < -0.3 is 10.6 Å². The van der Waals surface area contributed by atoms with Crippen LogP contribution in [-0.4, -0.2) is 35.1 Å². The van der Waals surface area contributed by atoms with Crippen LogP contribution in [0, 0.1) is 0 Å². The Morgan fingerprint density at radius 1 is 1.07 bits per heavy atom. The number of imide groups is 1. The summed E-state index contributed by atoms with van der Waals surface area (Å²) in [5, 5.41) is 5.43. The second-order valence-electron chi connectivity index (χ2n) is 7.03. The fourth-order valence-corrected chi connectivity index (χ4v) is 3.54. The summed E-state index contributed by atoms with van der Waals surface area (Å²) in [5.41, 5.74) is 0.417. The van der Waals surface area contributed by atoms with Crippen molar-refractivity contribution in [3.63, 3.8) is 0 Å². The van der Waals surface area contributed by atoms with Gasteiger partial charge in [0, 0.05) is 11.3 Å². The molecule has 1 fully saturated rings. The molecule has 7 nitrogen and oxygen atoms in total. The van der Waals surface area contributed by atoms with E-state index in [2.05, 4.69) is 10.6 Å². The Kier molecular flexibility index (Phi) is 5.77. The molecule has 3 rings (SSSR count). The third kappa shape index (κ3) is 4.03. The molecule has 0 bridgehead atoms. The lowest BCUT2D eigenvalue weighted by atomic mass is 9.85. The van der Waals surface area contributed by atoms with Crippen LogP contribution in [0.4, 0.5) is 10.5 Å². The molecule has 0 aliphatic carbocycles. The smallest absolute Gasteiger partial charge is 0.325 e. The summed E-state index contributed by atoms with van der Waals surface area (Å²) < 4.78 is 0. The minimum atomic E-state index is -1.16. The molecule has 1 saturated heterocycles. The minimum Gasteiger partial charge on any atom is -0.325 e. The highest BCUT2D eigenvalue weighted by Crippen LogP contribution is 2.33. The molecule has 2 N–H and O–H groups in total. The molecule has 1 aliphatic rings. The first-order valence-corrected chi connectivity index (χ1v) is 9.48. The fraction of sp³-hybridized carbons (Fsp3) is 0.273. The molecule has 29 heavy (non-hydrogen) atoms. The van der Waals surface area contributed by atoms with Gasteiger partial charge in [0.2, 0.25) is 5.91 Å². The Hall–Kier alpha value is -3.48. The maximum atomic E-state index is 13.2. The summed E-state index contributed by atoms with van der Waals surface area (Å²) in [6.45, 7) is 2.96. The normalized spacial score (nSPS) is 18.5. The Morgan fingerprint density at radius 3 is 2.45 bits per heavy atom. The average molecular weight is 393 g/mol. The number of nitrogens with one attached hydrogen (secondary N) is 2. The van der Waals surface area contributed by atoms with Gasteiger partial charge in [-0.15, -0.1) is 0 Å². The molecule has 1 heterocycles. The topological polar surface area (TPSA) is 95.6 Å². The first-order chi connectivity index (χ1) is 13.9. The lowest BCUT2D eigenvalue weighted by Crippen LogP contribution is -2.44. The molecule has 2 aromatic rings. The van der Waals surface area contributed by atoms with Crippen LogP contribution in [0.2, 0.25) is 0 Å². The van der Waals surface area contributed by atoms with Crippen molar-refractivity contribution in [1.82, 2.24) is 10.2 Å². The van der Waals surface area contributed by atoms with E-state index in [-0.39, 0.29) is 5.78 Å². The van der Waals surface area contributed by atoms with E-state index >= 15 is 0 Å². The predicted molar refractivity (Wildman–Crippen MR) is 108 cm³/mol. The standard InChI is InChI=1S/C22H23N3O4/c1-3-12-22(17-9-5-4-6-10-17)20(28)25(21(29)24-22)14-19(27)23-18-11-7-8-16(13-18)15(2)26/h4-11,13H,3,12,14H2,1-2H3,(H,23,27)(H,24,29). The summed E-state index contributed by atoms with van der Waals surface area (Å²) in [6, 6.07) is 14.9. The van der Waals surface area contributed by atoms with Crippen molar-refractivity contribution in [2.75, 3.05) is 11.9 Å². The van der Waals surface area contributed by atoms with Gasteiger partial charge in [-0.2, -0.15) is 0 Å². The van der Waals surface area contributed by atoms with Gasteiger partial charge in [-0.3, -0.25) is 19.3 Å². The number of rotatable bonds is 7. The number of anilines is 1. The van der Waals surface area contributed by atoms with Crippen LogP contribution in [0.25, 0.3) is 0 Å². The van der Waals surface area contributed by atoms with Crippen LogP contribution in [0.3, 0.4) is 0 Å². The third-order valence-corrected chi connectivity index (χ3v) is 4.92. The number of benzene rings is 2. The lowest BCUT2D eigenvalue weighted by molar-refractivity contribution is -0.134. The highest BCUT2D eigenvalue weighted by Gasteiger charge is 2.52. The van der Waals surface area contributed by atoms with Crippen LogP contribution >= 0.6 is 0 Å². The van der Waals surface area contributed by atoms with Crippen molar-refractivity contribution in [2.45, 2.75) is 32.2 Å². The van der Waals surface area contributed by atoms with Crippen molar-refractivity contribution >= 4 is 29.3 Å². The number of urea groups is 1. The molecule has 1 unspecified atom stereocenters. The lowest BCUT2D eigenvalue weighted by Gasteiger charge is -2.26. The molecule has 1 aliphatic heterocycles. The van der Waals surface area contributed by atoms with E-state index in [0.717, 1.165) is 4.90 Å². The summed E-state index contributed by atoms with van der Waals surface area (Å²) in [6.07, 6.45) is 1.11. The van der Waals surface area contributed by atoms with Gasteiger partial charge >= 0.3 is 6.03 Å². The Labute approximate surface area is 169 Å². The van der Waals surface area contributed by atoms with Crippen LogP contribution in [0.1, 0.15) is 42.6 Å². The number of hydrogen-bond acceptors (Lipinski definition) is 4. The maximum absolute atomic E-state index is 13.2.